The number of hydrogen-bond acceptors (Lipinski definition) is 9. The maximum absolute atomic E-state index is 14.5. The highest BCUT2D eigenvalue weighted by atomic mass is 32.2. The second kappa shape index (κ2) is 16.8. The van der Waals surface area contributed by atoms with Crippen LogP contribution in [0.2, 0.25) is 0 Å². The Kier molecular flexibility index (Phi) is 12.5. The molecule has 4 aromatic rings. The second-order valence-corrected chi connectivity index (χ2v) is 16.6. The molecule has 268 valence electrons. The van der Waals surface area contributed by atoms with Gasteiger partial charge in [-0.1, -0.05) is 48.5 Å². The van der Waals surface area contributed by atoms with Crippen LogP contribution in [0.3, 0.4) is 0 Å². The molecule has 2 unspecified atom stereocenters. The van der Waals surface area contributed by atoms with Gasteiger partial charge in [0.25, 0.3) is 20.0 Å². The number of thioether (sulfide) groups is 1. The van der Waals surface area contributed by atoms with E-state index in [0.717, 1.165) is 21.6 Å². The van der Waals surface area contributed by atoms with Crippen LogP contribution in [0.5, 0.6) is 0 Å². The summed E-state index contributed by atoms with van der Waals surface area (Å²) in [6, 6.07) is 25.8. The van der Waals surface area contributed by atoms with E-state index in [9.17, 15) is 30.4 Å². The summed E-state index contributed by atoms with van der Waals surface area (Å²) in [7, 11) is -8.00. The number of amides is 1. The average molecular weight is 755 g/mol. The molecule has 1 amide bonds. The molecule has 2 N–H and O–H groups in total. The Labute approximate surface area is 300 Å². The Morgan fingerprint density at radius 1 is 0.922 bits per heavy atom. The van der Waals surface area contributed by atoms with Gasteiger partial charge < -0.3 is 5.32 Å². The zero-order valence-electron chi connectivity index (χ0n) is 27.4. The molecule has 2 aromatic heterocycles. The monoisotopic (exact) mass is 754 g/mol. The number of nitrogens with one attached hydrogen (secondary N) is 2. The number of rotatable bonds is 15. The van der Waals surface area contributed by atoms with E-state index in [0.29, 0.717) is 5.75 Å². The van der Waals surface area contributed by atoms with Crippen molar-refractivity contribution in [1.29, 1.82) is 5.26 Å². The van der Waals surface area contributed by atoms with E-state index in [1.165, 1.54) is 46.7 Å². The molecular formula is C35H36F2N6O5S3. The molecule has 16 heteroatoms. The summed E-state index contributed by atoms with van der Waals surface area (Å²) >= 11 is 1.41. The minimum atomic E-state index is -4.05. The molecule has 51 heavy (non-hydrogen) atoms. The van der Waals surface area contributed by atoms with Crippen molar-refractivity contribution in [3.05, 3.63) is 103 Å². The first-order valence-corrected chi connectivity index (χ1v) is 20.0. The van der Waals surface area contributed by atoms with Crippen molar-refractivity contribution in [3.8, 4) is 17.2 Å². The summed E-state index contributed by atoms with van der Waals surface area (Å²) in [6.07, 6.45) is 1.90. The van der Waals surface area contributed by atoms with Gasteiger partial charge in [-0.15, -0.1) is 11.8 Å². The van der Waals surface area contributed by atoms with Crippen molar-refractivity contribution in [2.45, 2.75) is 46.1 Å². The number of nitriles is 1. The molecule has 1 saturated carbocycles. The highest BCUT2D eigenvalue weighted by Crippen LogP contribution is 2.47. The molecular weight excluding hydrogens is 719 g/mol. The summed E-state index contributed by atoms with van der Waals surface area (Å²) in [5.41, 5.74) is 2.41. The summed E-state index contributed by atoms with van der Waals surface area (Å²) in [5.74, 6) is -4.65. The Morgan fingerprint density at radius 2 is 1.59 bits per heavy atom. The minimum absolute atomic E-state index is 0.0566. The Balaban J connectivity index is 1.28. The first kappa shape index (κ1) is 38.0. The van der Waals surface area contributed by atoms with Gasteiger partial charge in [0.15, 0.2) is 10.1 Å². The van der Waals surface area contributed by atoms with E-state index in [4.69, 9.17) is 5.26 Å². The fourth-order valence-corrected chi connectivity index (χ4v) is 9.32. The molecule has 2 aromatic carbocycles. The lowest BCUT2D eigenvalue weighted by Gasteiger charge is -2.36. The number of hydrogen-bond donors (Lipinski definition) is 2. The lowest BCUT2D eigenvalue weighted by molar-refractivity contribution is -0.133. The first-order chi connectivity index (χ1) is 24.4. The number of sulfonamides is 2. The highest BCUT2D eigenvalue weighted by Gasteiger charge is 2.45. The van der Waals surface area contributed by atoms with Crippen LogP contribution in [0, 0.1) is 17.2 Å². The van der Waals surface area contributed by atoms with Crippen molar-refractivity contribution >= 4 is 37.7 Å². The number of alkyl halides is 2. The van der Waals surface area contributed by atoms with E-state index >= 15 is 0 Å². The summed E-state index contributed by atoms with van der Waals surface area (Å²) in [4.78, 5) is 21.6. The van der Waals surface area contributed by atoms with E-state index in [2.05, 4.69) is 20.0 Å². The van der Waals surface area contributed by atoms with Crippen molar-refractivity contribution in [2.75, 3.05) is 31.9 Å². The molecule has 2 heterocycles. The van der Waals surface area contributed by atoms with E-state index in [1.54, 1.807) is 18.2 Å². The van der Waals surface area contributed by atoms with Gasteiger partial charge in [0.1, 0.15) is 6.54 Å². The van der Waals surface area contributed by atoms with Crippen molar-refractivity contribution < 1.29 is 30.4 Å². The third-order valence-electron chi connectivity index (χ3n) is 8.45. The van der Waals surface area contributed by atoms with Gasteiger partial charge >= 0.3 is 0 Å². The number of carbonyl (C=O) groups is 1. The zero-order chi connectivity index (χ0) is 36.5. The Morgan fingerprint density at radius 3 is 2.25 bits per heavy atom. The third-order valence-corrected chi connectivity index (χ3v) is 12.6. The number of halogens is 2. The summed E-state index contributed by atoms with van der Waals surface area (Å²) in [5, 5.41) is 11.0. The molecule has 0 bridgehead atoms. The third kappa shape index (κ3) is 9.75. The van der Waals surface area contributed by atoms with E-state index in [-0.39, 0.29) is 49.1 Å². The molecule has 0 radical (unpaired) electrons. The van der Waals surface area contributed by atoms with Gasteiger partial charge in [-0.05, 0) is 65.4 Å². The zero-order valence-corrected chi connectivity index (χ0v) is 29.8. The lowest BCUT2D eigenvalue weighted by Crippen LogP contribution is -2.41. The predicted molar refractivity (Wildman–Crippen MR) is 189 cm³/mol. The Hall–Kier alpha value is -4.27. The number of carbonyl (C=O) groups excluding carboxylic acids is 1. The molecule has 0 spiro atoms. The maximum atomic E-state index is 14.5. The predicted octanol–water partition coefficient (Wildman–Crippen LogP) is 5.06. The number of pyridine rings is 2. The van der Waals surface area contributed by atoms with Crippen LogP contribution in [0.4, 0.5) is 8.78 Å². The summed E-state index contributed by atoms with van der Waals surface area (Å²) < 4.78 is 84.8. The van der Waals surface area contributed by atoms with Gasteiger partial charge in [0.2, 0.25) is 11.8 Å². The second-order valence-electron chi connectivity index (χ2n) is 11.8. The van der Waals surface area contributed by atoms with E-state index in [1.807, 2.05) is 54.6 Å². The number of aromatic nitrogens is 2. The highest BCUT2D eigenvalue weighted by molar-refractivity contribution is 7.99. The van der Waals surface area contributed by atoms with Crippen LogP contribution in [0.25, 0.3) is 11.1 Å². The van der Waals surface area contributed by atoms with Crippen LogP contribution < -0.4 is 10.0 Å². The standard InChI is InChI=1S/C35H36F2N6O5S3/c36-35(37)16-15-30(31(25-35)34(44)41-20-17-38)29-8-2-1-7-28(29)26-11-13-27(14-12-26)49-24-23-43(51(47,48)33-10-4-6-19-40-33)22-21-42-50(45,46)32-9-3-5-18-39-32/h1-14,18-19,30-31,42H,15-16,20-25H2,(H,41,44). The molecule has 0 saturated heterocycles. The van der Waals surface area contributed by atoms with Crippen LogP contribution in [0.1, 0.15) is 30.7 Å². The number of benzene rings is 2. The van der Waals surface area contributed by atoms with Gasteiger partial charge in [-0.3, -0.25) is 4.79 Å². The van der Waals surface area contributed by atoms with Crippen molar-refractivity contribution in [2.24, 2.45) is 5.92 Å². The van der Waals surface area contributed by atoms with Gasteiger partial charge in [0, 0.05) is 55.5 Å². The average Bonchev–Trinajstić information content (AvgIpc) is 3.14. The lowest BCUT2D eigenvalue weighted by atomic mass is 9.72. The normalized spacial score (nSPS) is 17.5. The van der Waals surface area contributed by atoms with E-state index < -0.39 is 50.1 Å². The Bertz CT molecular complexity index is 2050. The minimum Gasteiger partial charge on any atom is -0.343 e. The molecule has 1 aliphatic rings. The van der Waals surface area contributed by atoms with Gasteiger partial charge in [-0.25, -0.2) is 40.3 Å². The largest absolute Gasteiger partial charge is 0.343 e. The molecule has 0 aliphatic heterocycles. The smallest absolute Gasteiger partial charge is 0.260 e. The van der Waals surface area contributed by atoms with Crippen molar-refractivity contribution in [1.82, 2.24) is 24.3 Å². The fraction of sp³-hybridized carbons (Fsp3) is 0.314. The molecule has 11 nitrogen and oxygen atoms in total. The first-order valence-electron chi connectivity index (χ1n) is 16.1. The SMILES string of the molecule is N#CCNC(=O)C1CC(F)(F)CCC1c1ccccc1-c1ccc(SCCN(CCNS(=O)(=O)c2ccccn2)S(=O)(=O)c2ccccn2)cc1. The van der Waals surface area contributed by atoms with Crippen molar-refractivity contribution in [3.63, 3.8) is 0 Å². The van der Waals surface area contributed by atoms with Gasteiger partial charge in [0.05, 0.1) is 12.0 Å². The number of nitrogens with zero attached hydrogens (tertiary/aromatic N) is 4. The molecule has 1 fully saturated rings. The maximum Gasteiger partial charge on any atom is 0.260 e. The molecule has 5 rings (SSSR count). The topological polar surface area (TPSA) is 162 Å². The van der Waals surface area contributed by atoms with Crippen LogP contribution in [-0.2, 0) is 24.8 Å². The summed E-state index contributed by atoms with van der Waals surface area (Å²) in [6.45, 7) is -0.542. The van der Waals surface area contributed by atoms with Gasteiger partial charge in [-0.2, -0.15) is 9.57 Å². The molecule has 1 aliphatic carbocycles. The fourth-order valence-electron chi connectivity index (χ4n) is 5.99. The van der Waals surface area contributed by atoms with Crippen LogP contribution in [0.15, 0.2) is 112 Å². The quantitative estimate of drug-likeness (QED) is 0.125. The van der Waals surface area contributed by atoms with Crippen LogP contribution >= 0.6 is 11.8 Å². The van der Waals surface area contributed by atoms with Crippen LogP contribution in [-0.4, -0.2) is 74.9 Å². The molecule has 2 atom stereocenters.